The van der Waals surface area contributed by atoms with Crippen LogP contribution in [0, 0.1) is 5.82 Å². The van der Waals surface area contributed by atoms with Crippen molar-refractivity contribution in [3.05, 3.63) is 92.4 Å². The van der Waals surface area contributed by atoms with Gasteiger partial charge in [-0.05, 0) is 66.6 Å². The van der Waals surface area contributed by atoms with E-state index in [0.29, 0.717) is 5.75 Å². The van der Waals surface area contributed by atoms with E-state index in [4.69, 9.17) is 4.74 Å². The number of nitrogens with one attached hydrogen (secondary N) is 1. The topological polar surface area (TPSA) is 55.0 Å². The lowest BCUT2D eigenvalue weighted by Crippen LogP contribution is -2.26. The monoisotopic (exact) mass is 436 g/mol. The fourth-order valence-electron chi connectivity index (χ4n) is 4.15. The Labute approximate surface area is 184 Å². The predicted octanol–water partition coefficient (Wildman–Crippen LogP) is 6.37. The second-order valence-electron chi connectivity index (χ2n) is 7.73. The molecular weight excluding hydrogens is 411 g/mol. The second-order valence-corrected chi connectivity index (χ2v) is 8.63. The average Bonchev–Trinajstić information content (AvgIpc) is 3.29. The first-order chi connectivity index (χ1) is 14.9. The number of fused-ring (bicyclic) bond motifs is 1. The smallest absolute Gasteiger partial charge is 0.248 e. The molecule has 0 saturated heterocycles. The zero-order chi connectivity index (χ0) is 22.0. The standard InChI is InChI=1S/C25H25FN2O2S/c1-4-25(5-2,24-27-10-11-31-24)19-13-20(26)15-21(14-19)30-16(3)17-6-8-22-18(12-17)7-9-23(29)28-22/h6-16H,4-5H2,1-3H3,(H,28,29). The van der Waals surface area contributed by atoms with Gasteiger partial charge in [0.05, 0.1) is 0 Å². The summed E-state index contributed by atoms with van der Waals surface area (Å²) >= 11 is 1.60. The molecule has 4 aromatic rings. The molecule has 2 aromatic heterocycles. The van der Waals surface area contributed by atoms with E-state index in [1.54, 1.807) is 29.7 Å². The SMILES string of the molecule is CCC(CC)(c1cc(F)cc(OC(C)c2ccc3[nH]c(=O)ccc3c2)c1)c1nccs1. The minimum absolute atomic E-state index is 0.132. The molecule has 0 fully saturated rings. The van der Waals surface area contributed by atoms with Gasteiger partial charge in [0.15, 0.2) is 0 Å². The molecule has 2 heterocycles. The predicted molar refractivity (Wildman–Crippen MR) is 123 cm³/mol. The Morgan fingerprint density at radius 3 is 2.65 bits per heavy atom. The van der Waals surface area contributed by atoms with Crippen molar-refractivity contribution < 1.29 is 9.13 Å². The maximum atomic E-state index is 14.6. The summed E-state index contributed by atoms with van der Waals surface area (Å²) in [7, 11) is 0. The summed E-state index contributed by atoms with van der Waals surface area (Å²) in [5, 5.41) is 3.87. The number of aromatic nitrogens is 2. The molecule has 0 aliphatic rings. The zero-order valence-corrected chi connectivity index (χ0v) is 18.6. The van der Waals surface area contributed by atoms with Crippen molar-refractivity contribution in [1.82, 2.24) is 9.97 Å². The summed E-state index contributed by atoms with van der Waals surface area (Å²) < 4.78 is 20.8. The first-order valence-corrected chi connectivity index (χ1v) is 11.3. The Kier molecular flexibility index (Phi) is 5.92. The molecule has 0 spiro atoms. The highest BCUT2D eigenvalue weighted by Gasteiger charge is 2.34. The molecule has 31 heavy (non-hydrogen) atoms. The quantitative estimate of drug-likeness (QED) is 0.366. The maximum absolute atomic E-state index is 14.6. The summed E-state index contributed by atoms with van der Waals surface area (Å²) in [6.45, 7) is 6.15. The lowest BCUT2D eigenvalue weighted by Gasteiger charge is -2.31. The number of halogens is 1. The van der Waals surface area contributed by atoms with Gasteiger partial charge in [0, 0.05) is 34.6 Å². The maximum Gasteiger partial charge on any atom is 0.248 e. The number of pyridine rings is 1. The summed E-state index contributed by atoms with van der Waals surface area (Å²) in [6, 6.07) is 14.0. The van der Waals surface area contributed by atoms with Gasteiger partial charge >= 0.3 is 0 Å². The van der Waals surface area contributed by atoms with Crippen molar-refractivity contribution in [2.24, 2.45) is 0 Å². The third-order valence-corrected chi connectivity index (χ3v) is 6.98. The molecule has 0 radical (unpaired) electrons. The Morgan fingerprint density at radius 1 is 1.13 bits per heavy atom. The van der Waals surface area contributed by atoms with Gasteiger partial charge < -0.3 is 9.72 Å². The third-order valence-electron chi connectivity index (χ3n) is 6.00. The molecule has 0 aliphatic heterocycles. The van der Waals surface area contributed by atoms with Crippen LogP contribution in [0.25, 0.3) is 10.9 Å². The van der Waals surface area contributed by atoms with Crippen molar-refractivity contribution in [3.8, 4) is 5.75 Å². The van der Waals surface area contributed by atoms with E-state index in [9.17, 15) is 9.18 Å². The minimum Gasteiger partial charge on any atom is -0.486 e. The normalized spacial score (nSPS) is 12.8. The molecule has 4 nitrogen and oxygen atoms in total. The van der Waals surface area contributed by atoms with Gasteiger partial charge in [-0.1, -0.05) is 19.9 Å². The Balaban J connectivity index is 1.67. The largest absolute Gasteiger partial charge is 0.486 e. The van der Waals surface area contributed by atoms with E-state index in [2.05, 4.69) is 23.8 Å². The highest BCUT2D eigenvalue weighted by molar-refractivity contribution is 7.09. The highest BCUT2D eigenvalue weighted by Crippen LogP contribution is 2.41. The number of benzene rings is 2. The zero-order valence-electron chi connectivity index (χ0n) is 17.8. The van der Waals surface area contributed by atoms with E-state index < -0.39 is 0 Å². The van der Waals surface area contributed by atoms with Gasteiger partial charge in [-0.2, -0.15) is 0 Å². The molecule has 0 amide bonds. The Hall–Kier alpha value is -2.99. The van der Waals surface area contributed by atoms with Gasteiger partial charge in [-0.3, -0.25) is 4.79 Å². The molecule has 0 bridgehead atoms. The lowest BCUT2D eigenvalue weighted by atomic mass is 9.76. The van der Waals surface area contributed by atoms with Crippen LogP contribution in [-0.4, -0.2) is 9.97 Å². The molecule has 1 N–H and O–H groups in total. The van der Waals surface area contributed by atoms with Gasteiger partial charge in [-0.15, -0.1) is 11.3 Å². The summed E-state index contributed by atoms with van der Waals surface area (Å²) in [5.41, 5.74) is 2.13. The molecule has 160 valence electrons. The van der Waals surface area contributed by atoms with Crippen LogP contribution in [0.1, 0.15) is 55.9 Å². The van der Waals surface area contributed by atoms with Gasteiger partial charge in [0.2, 0.25) is 5.56 Å². The van der Waals surface area contributed by atoms with Gasteiger partial charge in [-0.25, -0.2) is 9.37 Å². The molecule has 0 aliphatic carbocycles. The first kappa shape index (κ1) is 21.2. The average molecular weight is 437 g/mol. The van der Waals surface area contributed by atoms with Crippen molar-refractivity contribution in [2.45, 2.75) is 45.1 Å². The number of thiazole rings is 1. The van der Waals surface area contributed by atoms with E-state index in [0.717, 1.165) is 39.9 Å². The number of nitrogens with zero attached hydrogens (tertiary/aromatic N) is 1. The number of hydrogen-bond donors (Lipinski definition) is 1. The number of ether oxygens (including phenoxy) is 1. The van der Waals surface area contributed by atoms with Crippen LogP contribution in [0.3, 0.4) is 0 Å². The Bertz CT molecular complexity index is 1250. The Morgan fingerprint density at radius 2 is 1.94 bits per heavy atom. The van der Waals surface area contributed by atoms with E-state index in [-0.39, 0.29) is 22.9 Å². The molecule has 1 atom stereocenters. The fourth-order valence-corrected chi connectivity index (χ4v) is 5.15. The molecule has 2 aromatic carbocycles. The van der Waals surface area contributed by atoms with Crippen LogP contribution >= 0.6 is 11.3 Å². The van der Waals surface area contributed by atoms with Crippen LogP contribution < -0.4 is 10.3 Å². The second kappa shape index (κ2) is 8.63. The highest BCUT2D eigenvalue weighted by atomic mass is 32.1. The molecule has 6 heteroatoms. The van der Waals surface area contributed by atoms with Crippen molar-refractivity contribution >= 4 is 22.2 Å². The van der Waals surface area contributed by atoms with Gasteiger partial charge in [0.1, 0.15) is 22.7 Å². The van der Waals surface area contributed by atoms with Crippen molar-refractivity contribution in [2.75, 3.05) is 0 Å². The lowest BCUT2D eigenvalue weighted by molar-refractivity contribution is 0.225. The van der Waals surface area contributed by atoms with E-state index in [1.165, 1.54) is 12.1 Å². The molecule has 1 unspecified atom stereocenters. The van der Waals surface area contributed by atoms with Crippen LogP contribution in [-0.2, 0) is 5.41 Å². The number of rotatable bonds is 7. The third kappa shape index (κ3) is 4.12. The van der Waals surface area contributed by atoms with Crippen molar-refractivity contribution in [1.29, 1.82) is 0 Å². The van der Waals surface area contributed by atoms with Crippen LogP contribution in [0.2, 0.25) is 0 Å². The van der Waals surface area contributed by atoms with Crippen LogP contribution in [0.15, 0.2) is 64.9 Å². The van der Waals surface area contributed by atoms with Gasteiger partial charge in [0.25, 0.3) is 0 Å². The van der Waals surface area contributed by atoms with Crippen LogP contribution in [0.5, 0.6) is 5.75 Å². The number of aromatic amines is 1. The summed E-state index contributed by atoms with van der Waals surface area (Å²) in [6.07, 6.45) is 3.14. The number of H-pyrrole nitrogens is 1. The first-order valence-electron chi connectivity index (χ1n) is 10.5. The summed E-state index contributed by atoms with van der Waals surface area (Å²) in [4.78, 5) is 18.9. The van der Waals surface area contributed by atoms with Crippen molar-refractivity contribution in [3.63, 3.8) is 0 Å². The van der Waals surface area contributed by atoms with E-state index in [1.807, 2.05) is 36.6 Å². The number of hydrogen-bond acceptors (Lipinski definition) is 4. The molecular formula is C25H25FN2O2S. The van der Waals surface area contributed by atoms with E-state index >= 15 is 0 Å². The minimum atomic E-state index is -0.341. The molecule has 4 rings (SSSR count). The molecule has 0 saturated carbocycles. The summed E-state index contributed by atoms with van der Waals surface area (Å²) in [5.74, 6) is 0.172. The van der Waals surface area contributed by atoms with Crippen LogP contribution in [0.4, 0.5) is 4.39 Å². The fraction of sp³-hybridized carbons (Fsp3) is 0.280.